The summed E-state index contributed by atoms with van der Waals surface area (Å²) in [5, 5.41) is 0. The lowest BCUT2D eigenvalue weighted by molar-refractivity contribution is -0.135. The maximum Gasteiger partial charge on any atom is 0.248 e. The predicted molar refractivity (Wildman–Crippen MR) is 130 cm³/mol. The smallest absolute Gasteiger partial charge is 0.248 e. The Hall–Kier alpha value is -2.56. The number of rotatable bonds is 11. The van der Waals surface area contributed by atoms with Crippen molar-refractivity contribution in [2.24, 2.45) is 0 Å². The Kier molecular flexibility index (Phi) is 8.74. The number of thioether (sulfide) groups is 1. The van der Waals surface area contributed by atoms with Crippen LogP contribution in [0.2, 0.25) is 0 Å². The van der Waals surface area contributed by atoms with Gasteiger partial charge >= 0.3 is 0 Å². The monoisotopic (exact) mass is 433 g/mol. The lowest BCUT2D eigenvalue weighted by Crippen LogP contribution is -2.34. The van der Waals surface area contributed by atoms with Gasteiger partial charge in [0.1, 0.15) is 6.61 Å². The third-order valence-corrected chi connectivity index (χ3v) is 6.94. The van der Waals surface area contributed by atoms with Crippen LogP contribution in [0, 0.1) is 0 Å². The summed E-state index contributed by atoms with van der Waals surface area (Å²) in [6, 6.07) is 31.9. The Morgan fingerprint density at radius 2 is 1.19 bits per heavy atom. The molecule has 0 radical (unpaired) electrons. The summed E-state index contributed by atoms with van der Waals surface area (Å²) >= 11 is 1.85. The molecule has 0 aliphatic heterocycles. The van der Waals surface area contributed by atoms with Gasteiger partial charge in [-0.1, -0.05) is 91.0 Å². The summed E-state index contributed by atoms with van der Waals surface area (Å²) in [6.07, 6.45) is 0. The highest BCUT2D eigenvalue weighted by atomic mass is 32.2. The van der Waals surface area contributed by atoms with Crippen molar-refractivity contribution in [3.05, 3.63) is 108 Å². The van der Waals surface area contributed by atoms with Crippen LogP contribution in [0.5, 0.6) is 0 Å². The number of likely N-dealkylation sites (N-methyl/N-ethyl adjacent to an activating group) is 1. The summed E-state index contributed by atoms with van der Waals surface area (Å²) < 4.78 is 5.42. The Morgan fingerprint density at radius 3 is 1.58 bits per heavy atom. The maximum atomic E-state index is 12.2. The molecular formula is C27H31NO2S. The molecule has 1 amide bonds. The van der Waals surface area contributed by atoms with Gasteiger partial charge in [-0.15, -0.1) is 11.8 Å². The molecule has 0 spiro atoms. The molecule has 162 valence electrons. The van der Waals surface area contributed by atoms with Gasteiger partial charge in [-0.2, -0.15) is 0 Å². The second kappa shape index (κ2) is 11.7. The van der Waals surface area contributed by atoms with Gasteiger partial charge in [0, 0.05) is 18.8 Å². The SMILES string of the molecule is CCN(CC)C(=O)COCCSC(c1ccccc1)(c1ccccc1)c1ccccc1. The lowest BCUT2D eigenvalue weighted by atomic mass is 9.84. The van der Waals surface area contributed by atoms with E-state index in [0.29, 0.717) is 19.7 Å². The first kappa shape index (κ1) is 23.1. The van der Waals surface area contributed by atoms with Crippen LogP contribution in [0.1, 0.15) is 30.5 Å². The van der Waals surface area contributed by atoms with Crippen molar-refractivity contribution >= 4 is 17.7 Å². The standard InChI is InChI=1S/C27H31NO2S/c1-3-28(4-2)26(29)22-30-20-21-31-27(23-14-8-5-9-15-23,24-16-10-6-11-17-24)25-18-12-7-13-19-25/h5-19H,3-4,20-22H2,1-2H3. The van der Waals surface area contributed by atoms with Crippen molar-refractivity contribution in [2.75, 3.05) is 32.1 Å². The van der Waals surface area contributed by atoms with Crippen LogP contribution in [-0.2, 0) is 14.3 Å². The molecule has 0 saturated carbocycles. The minimum Gasteiger partial charge on any atom is -0.371 e. The van der Waals surface area contributed by atoms with E-state index < -0.39 is 0 Å². The van der Waals surface area contributed by atoms with Gasteiger partial charge in [0.05, 0.1) is 11.4 Å². The maximum absolute atomic E-state index is 12.2. The molecule has 3 nitrogen and oxygen atoms in total. The molecule has 0 heterocycles. The summed E-state index contributed by atoms with van der Waals surface area (Å²) in [4.78, 5) is 14.0. The number of ether oxygens (including phenoxy) is 1. The molecule has 0 bridgehead atoms. The van der Waals surface area contributed by atoms with Gasteiger partial charge in [-0.05, 0) is 30.5 Å². The van der Waals surface area contributed by atoms with E-state index in [-0.39, 0.29) is 17.3 Å². The molecule has 0 aliphatic rings. The number of hydrogen-bond acceptors (Lipinski definition) is 3. The number of amides is 1. The topological polar surface area (TPSA) is 29.5 Å². The first-order valence-corrected chi connectivity index (χ1v) is 11.9. The lowest BCUT2D eigenvalue weighted by Gasteiger charge is -2.35. The molecule has 31 heavy (non-hydrogen) atoms. The highest BCUT2D eigenvalue weighted by Gasteiger charge is 2.36. The molecule has 0 aromatic heterocycles. The first-order valence-electron chi connectivity index (χ1n) is 10.9. The van der Waals surface area contributed by atoms with Crippen LogP contribution in [0.15, 0.2) is 91.0 Å². The second-order valence-corrected chi connectivity index (χ2v) is 8.56. The highest BCUT2D eigenvalue weighted by molar-refractivity contribution is 8.00. The highest BCUT2D eigenvalue weighted by Crippen LogP contribution is 2.48. The van der Waals surface area contributed by atoms with E-state index in [0.717, 1.165) is 5.75 Å². The molecule has 3 rings (SSSR count). The fourth-order valence-corrected chi connectivity index (χ4v) is 5.26. The molecule has 0 unspecified atom stereocenters. The van der Waals surface area contributed by atoms with Crippen molar-refractivity contribution in [3.8, 4) is 0 Å². The van der Waals surface area contributed by atoms with E-state index in [9.17, 15) is 4.79 Å². The molecule has 3 aromatic rings. The Morgan fingerprint density at radius 1 is 0.774 bits per heavy atom. The Balaban J connectivity index is 1.84. The largest absolute Gasteiger partial charge is 0.371 e. The van der Waals surface area contributed by atoms with Crippen LogP contribution in [0.4, 0.5) is 0 Å². The van der Waals surface area contributed by atoms with Gasteiger partial charge < -0.3 is 9.64 Å². The van der Waals surface area contributed by atoms with Gasteiger partial charge in [0.15, 0.2) is 0 Å². The number of carbonyl (C=O) groups excluding carboxylic acids is 1. The first-order chi connectivity index (χ1) is 15.2. The molecular weight excluding hydrogens is 402 g/mol. The van der Waals surface area contributed by atoms with Crippen molar-refractivity contribution in [1.29, 1.82) is 0 Å². The van der Waals surface area contributed by atoms with Crippen molar-refractivity contribution in [2.45, 2.75) is 18.6 Å². The summed E-state index contributed by atoms with van der Waals surface area (Å²) in [7, 11) is 0. The van der Waals surface area contributed by atoms with Crippen LogP contribution < -0.4 is 0 Å². The fraction of sp³-hybridized carbons (Fsp3) is 0.296. The average Bonchev–Trinajstić information content (AvgIpc) is 2.84. The predicted octanol–water partition coefficient (Wildman–Crippen LogP) is 5.60. The van der Waals surface area contributed by atoms with E-state index in [4.69, 9.17) is 4.74 Å². The molecule has 0 atom stereocenters. The molecule has 3 aromatic carbocycles. The number of nitrogens with zero attached hydrogens (tertiary/aromatic N) is 1. The van der Waals surface area contributed by atoms with E-state index in [2.05, 4.69) is 91.0 Å². The Bertz CT molecular complexity index is 815. The van der Waals surface area contributed by atoms with Crippen LogP contribution in [-0.4, -0.2) is 42.9 Å². The van der Waals surface area contributed by atoms with Gasteiger partial charge in [-0.25, -0.2) is 0 Å². The summed E-state index contributed by atoms with van der Waals surface area (Å²) in [6.45, 7) is 6.07. The second-order valence-electron chi connectivity index (χ2n) is 7.25. The third-order valence-electron chi connectivity index (χ3n) is 5.43. The van der Waals surface area contributed by atoms with Crippen LogP contribution in [0.3, 0.4) is 0 Å². The summed E-state index contributed by atoms with van der Waals surface area (Å²) in [5.74, 6) is 0.819. The molecule has 0 N–H and O–H groups in total. The zero-order valence-electron chi connectivity index (χ0n) is 18.4. The van der Waals surface area contributed by atoms with E-state index in [1.54, 1.807) is 4.90 Å². The zero-order valence-corrected chi connectivity index (χ0v) is 19.2. The number of hydrogen-bond donors (Lipinski definition) is 0. The minimum absolute atomic E-state index is 0.0513. The zero-order chi connectivity index (χ0) is 21.9. The quantitative estimate of drug-likeness (QED) is 0.291. The normalized spacial score (nSPS) is 11.3. The van der Waals surface area contributed by atoms with Crippen LogP contribution in [0.25, 0.3) is 0 Å². The van der Waals surface area contributed by atoms with E-state index in [1.807, 2.05) is 25.6 Å². The minimum atomic E-state index is -0.351. The molecule has 4 heteroatoms. The molecule has 0 saturated heterocycles. The third kappa shape index (κ3) is 5.57. The molecule has 0 fully saturated rings. The van der Waals surface area contributed by atoms with Gasteiger partial charge in [0.2, 0.25) is 5.91 Å². The van der Waals surface area contributed by atoms with Gasteiger partial charge in [0.25, 0.3) is 0 Å². The van der Waals surface area contributed by atoms with Gasteiger partial charge in [-0.3, -0.25) is 4.79 Å². The number of benzene rings is 3. The van der Waals surface area contributed by atoms with Crippen molar-refractivity contribution < 1.29 is 9.53 Å². The number of carbonyl (C=O) groups is 1. The molecule has 0 aliphatic carbocycles. The van der Waals surface area contributed by atoms with E-state index >= 15 is 0 Å². The average molecular weight is 434 g/mol. The fourth-order valence-electron chi connectivity index (χ4n) is 3.85. The van der Waals surface area contributed by atoms with Crippen molar-refractivity contribution in [1.82, 2.24) is 4.90 Å². The Labute approximate surface area is 190 Å². The van der Waals surface area contributed by atoms with E-state index in [1.165, 1.54) is 16.7 Å². The summed E-state index contributed by atoms with van der Waals surface area (Å²) in [5.41, 5.74) is 3.70. The van der Waals surface area contributed by atoms with Crippen LogP contribution >= 0.6 is 11.8 Å². The van der Waals surface area contributed by atoms with Crippen molar-refractivity contribution in [3.63, 3.8) is 0 Å².